The summed E-state index contributed by atoms with van der Waals surface area (Å²) in [5.74, 6) is -2.77. The Bertz CT molecular complexity index is 796. The maximum Gasteiger partial charge on any atom is 0.313 e. The van der Waals surface area contributed by atoms with Crippen molar-refractivity contribution in [2.75, 3.05) is 19.5 Å². The molecular formula is C17H16F2N2O4. The van der Waals surface area contributed by atoms with Crippen LogP contribution >= 0.6 is 0 Å². The van der Waals surface area contributed by atoms with Gasteiger partial charge in [-0.05, 0) is 29.8 Å². The van der Waals surface area contributed by atoms with Crippen molar-refractivity contribution in [3.05, 3.63) is 53.6 Å². The fourth-order valence-corrected chi connectivity index (χ4v) is 2.02. The summed E-state index contributed by atoms with van der Waals surface area (Å²) in [4.78, 5) is 23.6. The zero-order valence-corrected chi connectivity index (χ0v) is 13.6. The molecule has 0 radical (unpaired) electrons. The average Bonchev–Trinajstić information content (AvgIpc) is 2.61. The van der Waals surface area contributed by atoms with Crippen LogP contribution in [0, 0.1) is 11.6 Å². The molecule has 8 heteroatoms. The number of hydrogen-bond acceptors (Lipinski definition) is 4. The van der Waals surface area contributed by atoms with Crippen molar-refractivity contribution >= 4 is 17.5 Å². The van der Waals surface area contributed by atoms with E-state index in [1.165, 1.54) is 14.2 Å². The maximum atomic E-state index is 13.5. The van der Waals surface area contributed by atoms with E-state index in [2.05, 4.69) is 10.6 Å². The van der Waals surface area contributed by atoms with Crippen molar-refractivity contribution in [2.45, 2.75) is 6.54 Å². The summed E-state index contributed by atoms with van der Waals surface area (Å²) >= 11 is 0. The van der Waals surface area contributed by atoms with Gasteiger partial charge in [0.1, 0.15) is 11.6 Å². The van der Waals surface area contributed by atoms with E-state index in [9.17, 15) is 18.4 Å². The number of amides is 2. The first-order chi connectivity index (χ1) is 11.9. The molecule has 2 aromatic rings. The third kappa shape index (κ3) is 4.66. The first-order valence-electron chi connectivity index (χ1n) is 7.19. The minimum absolute atomic E-state index is 0.0541. The van der Waals surface area contributed by atoms with Crippen molar-refractivity contribution in [1.29, 1.82) is 0 Å². The Morgan fingerprint density at radius 1 is 0.960 bits per heavy atom. The number of ether oxygens (including phenoxy) is 2. The standard InChI is InChI=1S/C17H16F2N2O4/c1-24-14-6-3-10(7-15(14)25-2)9-20-16(22)17(23)21-13-5-4-11(18)8-12(13)19/h3-8H,9H2,1-2H3,(H,20,22)(H,21,23). The number of methoxy groups -OCH3 is 2. The monoisotopic (exact) mass is 350 g/mol. The van der Waals surface area contributed by atoms with Gasteiger partial charge in [-0.25, -0.2) is 8.78 Å². The highest BCUT2D eigenvalue weighted by atomic mass is 19.1. The highest BCUT2D eigenvalue weighted by molar-refractivity contribution is 6.39. The first-order valence-corrected chi connectivity index (χ1v) is 7.19. The lowest BCUT2D eigenvalue weighted by molar-refractivity contribution is -0.136. The Hall–Kier alpha value is -3.16. The van der Waals surface area contributed by atoms with E-state index in [0.29, 0.717) is 23.1 Å². The van der Waals surface area contributed by atoms with Crippen LogP contribution in [-0.2, 0) is 16.1 Å². The van der Waals surface area contributed by atoms with Gasteiger partial charge in [0.25, 0.3) is 0 Å². The first kappa shape index (κ1) is 18.2. The third-order valence-electron chi connectivity index (χ3n) is 3.29. The summed E-state index contributed by atoms with van der Waals surface area (Å²) in [6.07, 6.45) is 0. The zero-order valence-electron chi connectivity index (χ0n) is 13.6. The normalized spacial score (nSPS) is 10.1. The fourth-order valence-electron chi connectivity index (χ4n) is 2.02. The van der Waals surface area contributed by atoms with Crippen molar-refractivity contribution < 1.29 is 27.8 Å². The summed E-state index contributed by atoms with van der Waals surface area (Å²) < 4.78 is 36.5. The molecule has 25 heavy (non-hydrogen) atoms. The molecule has 2 aromatic carbocycles. The molecule has 0 atom stereocenters. The average molecular weight is 350 g/mol. The second-order valence-electron chi connectivity index (χ2n) is 4.95. The zero-order chi connectivity index (χ0) is 18.4. The van der Waals surface area contributed by atoms with E-state index >= 15 is 0 Å². The Morgan fingerprint density at radius 3 is 2.32 bits per heavy atom. The topological polar surface area (TPSA) is 76.7 Å². The van der Waals surface area contributed by atoms with Crippen LogP contribution in [0.3, 0.4) is 0 Å². The molecule has 132 valence electrons. The van der Waals surface area contributed by atoms with E-state index in [0.717, 1.165) is 12.1 Å². The molecular weight excluding hydrogens is 334 g/mol. The predicted molar refractivity (Wildman–Crippen MR) is 86.4 cm³/mol. The number of halogens is 2. The van der Waals surface area contributed by atoms with Gasteiger partial charge < -0.3 is 20.1 Å². The predicted octanol–water partition coefficient (Wildman–Crippen LogP) is 2.24. The summed E-state index contributed by atoms with van der Waals surface area (Å²) in [6.45, 7) is 0.0541. The second kappa shape index (κ2) is 8.09. The smallest absolute Gasteiger partial charge is 0.313 e. The van der Waals surface area contributed by atoms with Crippen molar-refractivity contribution in [2.24, 2.45) is 0 Å². The molecule has 6 nitrogen and oxygen atoms in total. The molecule has 0 fully saturated rings. The molecule has 2 rings (SSSR count). The summed E-state index contributed by atoms with van der Waals surface area (Å²) in [6, 6.07) is 7.62. The van der Waals surface area contributed by atoms with Crippen molar-refractivity contribution in [1.82, 2.24) is 5.32 Å². The van der Waals surface area contributed by atoms with Crippen LogP contribution in [0.1, 0.15) is 5.56 Å². The lowest BCUT2D eigenvalue weighted by Gasteiger charge is -2.10. The minimum Gasteiger partial charge on any atom is -0.493 e. The maximum absolute atomic E-state index is 13.5. The van der Waals surface area contributed by atoms with E-state index in [1.54, 1.807) is 18.2 Å². The van der Waals surface area contributed by atoms with Crippen LogP contribution in [0.2, 0.25) is 0 Å². The van der Waals surface area contributed by atoms with Gasteiger partial charge >= 0.3 is 11.8 Å². The molecule has 0 bridgehead atoms. The van der Waals surface area contributed by atoms with Gasteiger partial charge in [0, 0.05) is 12.6 Å². The Balaban J connectivity index is 1.96. The van der Waals surface area contributed by atoms with Gasteiger partial charge in [-0.2, -0.15) is 0 Å². The molecule has 2 amide bonds. The SMILES string of the molecule is COc1ccc(CNC(=O)C(=O)Nc2ccc(F)cc2F)cc1OC. The van der Waals surface area contributed by atoms with Crippen LogP contribution in [0.5, 0.6) is 11.5 Å². The van der Waals surface area contributed by atoms with Gasteiger partial charge in [0.2, 0.25) is 0 Å². The molecule has 0 saturated heterocycles. The Kier molecular flexibility index (Phi) is 5.89. The van der Waals surface area contributed by atoms with Crippen LogP contribution in [-0.4, -0.2) is 26.0 Å². The Morgan fingerprint density at radius 2 is 1.68 bits per heavy atom. The highest BCUT2D eigenvalue weighted by Crippen LogP contribution is 2.27. The van der Waals surface area contributed by atoms with E-state index in [-0.39, 0.29) is 12.2 Å². The fraction of sp³-hybridized carbons (Fsp3) is 0.176. The molecule has 0 aromatic heterocycles. The second-order valence-corrected chi connectivity index (χ2v) is 4.95. The molecule has 0 aliphatic rings. The largest absolute Gasteiger partial charge is 0.493 e. The molecule has 2 N–H and O–H groups in total. The highest BCUT2D eigenvalue weighted by Gasteiger charge is 2.16. The number of anilines is 1. The molecule has 0 spiro atoms. The number of carbonyl (C=O) groups is 2. The Labute approximate surface area is 142 Å². The van der Waals surface area contributed by atoms with Crippen LogP contribution in [0.15, 0.2) is 36.4 Å². The van der Waals surface area contributed by atoms with Crippen LogP contribution in [0.4, 0.5) is 14.5 Å². The minimum atomic E-state index is -1.06. The molecule has 0 aliphatic carbocycles. The summed E-state index contributed by atoms with van der Waals surface area (Å²) in [7, 11) is 2.98. The number of hydrogen-bond donors (Lipinski definition) is 2. The molecule has 0 aliphatic heterocycles. The van der Waals surface area contributed by atoms with E-state index < -0.39 is 23.4 Å². The van der Waals surface area contributed by atoms with E-state index in [4.69, 9.17) is 9.47 Å². The van der Waals surface area contributed by atoms with Gasteiger partial charge in [0.05, 0.1) is 19.9 Å². The van der Waals surface area contributed by atoms with Crippen molar-refractivity contribution in [3.8, 4) is 11.5 Å². The number of nitrogens with one attached hydrogen (secondary N) is 2. The molecule has 0 saturated carbocycles. The van der Waals surface area contributed by atoms with Gasteiger partial charge in [-0.1, -0.05) is 6.07 Å². The van der Waals surface area contributed by atoms with Crippen molar-refractivity contribution in [3.63, 3.8) is 0 Å². The van der Waals surface area contributed by atoms with E-state index in [1.807, 2.05) is 0 Å². The number of benzene rings is 2. The lowest BCUT2D eigenvalue weighted by atomic mass is 10.2. The van der Waals surface area contributed by atoms with Crippen LogP contribution in [0.25, 0.3) is 0 Å². The van der Waals surface area contributed by atoms with Gasteiger partial charge in [-0.15, -0.1) is 0 Å². The van der Waals surface area contributed by atoms with Crippen LogP contribution < -0.4 is 20.1 Å². The third-order valence-corrected chi connectivity index (χ3v) is 3.29. The quantitative estimate of drug-likeness (QED) is 0.811. The summed E-state index contributed by atoms with van der Waals surface area (Å²) in [5, 5.41) is 4.47. The number of carbonyl (C=O) groups excluding carboxylic acids is 2. The van der Waals surface area contributed by atoms with Gasteiger partial charge in [0.15, 0.2) is 11.5 Å². The molecule has 0 heterocycles. The summed E-state index contributed by atoms with van der Waals surface area (Å²) in [5.41, 5.74) is 0.388. The van der Waals surface area contributed by atoms with Gasteiger partial charge in [-0.3, -0.25) is 9.59 Å². The number of rotatable bonds is 5. The molecule has 0 unspecified atom stereocenters. The lowest BCUT2D eigenvalue weighted by Crippen LogP contribution is -2.35.